The maximum Gasteiger partial charge on any atom is 0.339 e. The average molecular weight is 304 g/mol. The predicted octanol–water partition coefficient (Wildman–Crippen LogP) is 2.18. The van der Waals surface area contributed by atoms with Gasteiger partial charge in [0, 0.05) is 17.3 Å². The molecule has 2 aromatic heterocycles. The SMILES string of the molecule is CCc1cnccc1C(=O)OCC(=O)NCc1cccs1. The molecule has 21 heavy (non-hydrogen) atoms. The lowest BCUT2D eigenvalue weighted by Gasteiger charge is -2.08. The van der Waals surface area contributed by atoms with Crippen LogP contribution in [0.2, 0.25) is 0 Å². The molecule has 0 saturated carbocycles. The summed E-state index contributed by atoms with van der Waals surface area (Å²) in [5.74, 6) is -0.815. The molecule has 0 bridgehead atoms. The summed E-state index contributed by atoms with van der Waals surface area (Å²) in [7, 11) is 0. The summed E-state index contributed by atoms with van der Waals surface area (Å²) in [5, 5.41) is 4.64. The van der Waals surface area contributed by atoms with Crippen LogP contribution in [0.4, 0.5) is 0 Å². The first kappa shape index (κ1) is 15.2. The fourth-order valence-corrected chi connectivity index (χ4v) is 2.41. The highest BCUT2D eigenvalue weighted by atomic mass is 32.1. The van der Waals surface area contributed by atoms with Gasteiger partial charge in [-0.05, 0) is 29.5 Å². The van der Waals surface area contributed by atoms with Gasteiger partial charge in [-0.2, -0.15) is 0 Å². The van der Waals surface area contributed by atoms with Gasteiger partial charge in [0.15, 0.2) is 6.61 Å². The third kappa shape index (κ3) is 4.39. The standard InChI is InChI=1S/C15H16N2O3S/c1-2-11-8-16-6-5-13(11)15(19)20-10-14(18)17-9-12-4-3-7-21-12/h3-8H,2,9-10H2,1H3,(H,17,18). The first-order valence-corrected chi connectivity index (χ1v) is 7.47. The van der Waals surface area contributed by atoms with E-state index in [-0.39, 0.29) is 12.5 Å². The molecule has 1 N–H and O–H groups in total. The van der Waals surface area contributed by atoms with Crippen molar-refractivity contribution in [3.8, 4) is 0 Å². The monoisotopic (exact) mass is 304 g/mol. The van der Waals surface area contributed by atoms with E-state index in [4.69, 9.17) is 4.74 Å². The van der Waals surface area contributed by atoms with Crippen molar-refractivity contribution >= 4 is 23.2 Å². The number of carbonyl (C=O) groups is 2. The summed E-state index contributed by atoms with van der Waals surface area (Å²) < 4.78 is 5.03. The normalized spacial score (nSPS) is 10.1. The van der Waals surface area contributed by atoms with Crippen molar-refractivity contribution in [3.63, 3.8) is 0 Å². The van der Waals surface area contributed by atoms with Gasteiger partial charge in [-0.15, -0.1) is 11.3 Å². The van der Waals surface area contributed by atoms with Gasteiger partial charge in [0.1, 0.15) is 0 Å². The molecule has 1 amide bonds. The first-order valence-electron chi connectivity index (χ1n) is 6.59. The van der Waals surface area contributed by atoms with Crippen LogP contribution in [-0.2, 0) is 22.5 Å². The van der Waals surface area contributed by atoms with Crippen LogP contribution in [0.3, 0.4) is 0 Å². The molecular weight excluding hydrogens is 288 g/mol. The fraction of sp³-hybridized carbons (Fsp3) is 0.267. The molecule has 2 aromatic rings. The number of rotatable bonds is 6. The van der Waals surface area contributed by atoms with E-state index in [0.717, 1.165) is 10.4 Å². The molecule has 0 saturated heterocycles. The molecule has 0 aliphatic heterocycles. The summed E-state index contributed by atoms with van der Waals surface area (Å²) in [6.07, 6.45) is 3.85. The summed E-state index contributed by atoms with van der Waals surface area (Å²) in [6.45, 7) is 2.10. The third-order valence-electron chi connectivity index (χ3n) is 2.88. The Morgan fingerprint density at radius 2 is 2.24 bits per heavy atom. The Hall–Kier alpha value is -2.21. The molecule has 0 fully saturated rings. The highest BCUT2D eigenvalue weighted by Crippen LogP contribution is 2.09. The predicted molar refractivity (Wildman–Crippen MR) is 80.1 cm³/mol. The molecule has 0 radical (unpaired) electrons. The van der Waals surface area contributed by atoms with Crippen molar-refractivity contribution in [2.75, 3.05) is 6.61 Å². The minimum atomic E-state index is -0.500. The van der Waals surface area contributed by atoms with Gasteiger partial charge in [0.05, 0.1) is 12.1 Å². The van der Waals surface area contributed by atoms with E-state index in [2.05, 4.69) is 10.3 Å². The lowest BCUT2D eigenvalue weighted by Crippen LogP contribution is -2.28. The highest BCUT2D eigenvalue weighted by Gasteiger charge is 2.13. The van der Waals surface area contributed by atoms with Crippen LogP contribution in [-0.4, -0.2) is 23.5 Å². The largest absolute Gasteiger partial charge is 0.452 e. The van der Waals surface area contributed by atoms with Crippen molar-refractivity contribution in [2.24, 2.45) is 0 Å². The highest BCUT2D eigenvalue weighted by molar-refractivity contribution is 7.09. The second-order valence-corrected chi connectivity index (χ2v) is 5.35. The van der Waals surface area contributed by atoms with Gasteiger partial charge in [-0.1, -0.05) is 13.0 Å². The quantitative estimate of drug-likeness (QED) is 0.831. The van der Waals surface area contributed by atoms with Crippen LogP contribution >= 0.6 is 11.3 Å². The summed E-state index contributed by atoms with van der Waals surface area (Å²) in [4.78, 5) is 28.6. The molecule has 0 spiro atoms. The molecule has 0 aromatic carbocycles. The van der Waals surface area contributed by atoms with E-state index in [0.29, 0.717) is 18.5 Å². The van der Waals surface area contributed by atoms with E-state index >= 15 is 0 Å². The van der Waals surface area contributed by atoms with E-state index in [9.17, 15) is 9.59 Å². The number of nitrogens with zero attached hydrogens (tertiary/aromatic N) is 1. The van der Waals surface area contributed by atoms with Gasteiger partial charge >= 0.3 is 5.97 Å². The summed E-state index contributed by atoms with van der Waals surface area (Å²) >= 11 is 1.56. The second kappa shape index (κ2) is 7.54. The van der Waals surface area contributed by atoms with Gasteiger partial charge in [0.25, 0.3) is 5.91 Å². The fourth-order valence-electron chi connectivity index (χ4n) is 1.77. The molecule has 6 heteroatoms. The first-order chi connectivity index (χ1) is 10.2. The Kier molecular flexibility index (Phi) is 5.45. The number of hydrogen-bond donors (Lipinski definition) is 1. The maximum atomic E-state index is 11.9. The van der Waals surface area contributed by atoms with Gasteiger partial charge in [-0.3, -0.25) is 9.78 Å². The van der Waals surface area contributed by atoms with Gasteiger partial charge < -0.3 is 10.1 Å². The number of amides is 1. The van der Waals surface area contributed by atoms with Crippen molar-refractivity contribution in [3.05, 3.63) is 52.0 Å². The van der Waals surface area contributed by atoms with E-state index < -0.39 is 5.97 Å². The number of hydrogen-bond acceptors (Lipinski definition) is 5. The number of aryl methyl sites for hydroxylation is 1. The molecule has 2 rings (SSSR count). The lowest BCUT2D eigenvalue weighted by molar-refractivity contribution is -0.124. The Morgan fingerprint density at radius 3 is 2.95 bits per heavy atom. The molecule has 110 valence electrons. The van der Waals surface area contributed by atoms with Crippen molar-refractivity contribution in [1.29, 1.82) is 0 Å². The number of carbonyl (C=O) groups excluding carboxylic acids is 2. The zero-order valence-corrected chi connectivity index (χ0v) is 12.5. The van der Waals surface area contributed by atoms with E-state index in [1.165, 1.54) is 6.20 Å². The molecular formula is C15H16N2O3S. The number of ether oxygens (including phenoxy) is 1. The summed E-state index contributed by atoms with van der Waals surface area (Å²) in [6, 6.07) is 5.45. The van der Waals surface area contributed by atoms with Crippen LogP contribution in [0.25, 0.3) is 0 Å². The van der Waals surface area contributed by atoms with Crippen LogP contribution in [0, 0.1) is 0 Å². The van der Waals surface area contributed by atoms with Crippen molar-refractivity contribution in [1.82, 2.24) is 10.3 Å². The van der Waals surface area contributed by atoms with Crippen molar-refractivity contribution in [2.45, 2.75) is 19.9 Å². The Balaban J connectivity index is 1.82. The maximum absolute atomic E-state index is 11.9. The van der Waals surface area contributed by atoms with Gasteiger partial charge in [0.2, 0.25) is 0 Å². The Morgan fingerprint density at radius 1 is 1.38 bits per heavy atom. The number of aromatic nitrogens is 1. The Bertz CT molecular complexity index is 611. The topological polar surface area (TPSA) is 68.3 Å². The number of nitrogens with one attached hydrogen (secondary N) is 1. The number of thiophene rings is 1. The number of pyridine rings is 1. The second-order valence-electron chi connectivity index (χ2n) is 4.32. The third-order valence-corrected chi connectivity index (χ3v) is 3.76. The molecule has 2 heterocycles. The zero-order chi connectivity index (χ0) is 15.1. The van der Waals surface area contributed by atoms with Gasteiger partial charge in [-0.25, -0.2) is 4.79 Å². The molecule has 0 unspecified atom stereocenters. The lowest BCUT2D eigenvalue weighted by atomic mass is 10.1. The molecule has 0 aliphatic carbocycles. The van der Waals surface area contributed by atoms with Crippen LogP contribution < -0.4 is 5.32 Å². The van der Waals surface area contributed by atoms with Crippen LogP contribution in [0.5, 0.6) is 0 Å². The van der Waals surface area contributed by atoms with Crippen LogP contribution in [0.15, 0.2) is 36.0 Å². The minimum Gasteiger partial charge on any atom is -0.452 e. The molecule has 5 nitrogen and oxygen atoms in total. The minimum absolute atomic E-state index is 0.282. The summed E-state index contributed by atoms with van der Waals surface area (Å²) in [5.41, 5.74) is 1.26. The molecule has 0 atom stereocenters. The average Bonchev–Trinajstić information content (AvgIpc) is 3.04. The molecule has 0 aliphatic rings. The van der Waals surface area contributed by atoms with Crippen LogP contribution in [0.1, 0.15) is 27.7 Å². The zero-order valence-electron chi connectivity index (χ0n) is 11.7. The van der Waals surface area contributed by atoms with E-state index in [1.54, 1.807) is 23.6 Å². The number of esters is 1. The smallest absolute Gasteiger partial charge is 0.339 e. The van der Waals surface area contributed by atoms with Crippen molar-refractivity contribution < 1.29 is 14.3 Å². The van der Waals surface area contributed by atoms with E-state index in [1.807, 2.05) is 24.4 Å². The Labute approximate surface area is 127 Å².